The largest absolute Gasteiger partial charge is 0.442 e. The molecule has 0 radical (unpaired) electrons. The highest BCUT2D eigenvalue weighted by molar-refractivity contribution is 7.85. The maximum atomic E-state index is 12.5. The Morgan fingerprint density at radius 3 is 2.70 bits per heavy atom. The molecular formula is C22H21ClN2O4S. The van der Waals surface area contributed by atoms with Gasteiger partial charge in [0.2, 0.25) is 0 Å². The minimum atomic E-state index is -1.12. The average molecular weight is 445 g/mol. The van der Waals surface area contributed by atoms with Crippen molar-refractivity contribution in [1.29, 1.82) is 0 Å². The molecule has 3 fully saturated rings. The molecule has 1 unspecified atom stereocenters. The van der Waals surface area contributed by atoms with E-state index in [1.807, 2.05) is 18.2 Å². The predicted octanol–water partition coefficient (Wildman–Crippen LogP) is 4.80. The number of oxazole rings is 1. The lowest BCUT2D eigenvalue weighted by Crippen LogP contribution is -2.55. The van der Waals surface area contributed by atoms with Gasteiger partial charge < -0.3 is 14.2 Å². The zero-order chi connectivity index (χ0) is 20.5. The number of carbonyl (C=O) groups is 1. The van der Waals surface area contributed by atoms with Crippen molar-refractivity contribution >= 4 is 39.4 Å². The van der Waals surface area contributed by atoms with Crippen LogP contribution in [0.1, 0.15) is 60.9 Å². The van der Waals surface area contributed by atoms with E-state index in [4.69, 9.17) is 20.4 Å². The van der Waals surface area contributed by atoms with Crippen molar-refractivity contribution in [3.63, 3.8) is 0 Å². The zero-order valence-corrected chi connectivity index (χ0v) is 17.8. The summed E-state index contributed by atoms with van der Waals surface area (Å²) in [7, 11) is -1.12. The standard InChI is InChI=1S/C22H21ClN2O4S/c23-13-1-4-17-16(7-13)25-21(29-17)12-8-22(9-12)10-14(11-22)24-20(26)18-5-6-19(28-18)30(27)15-2-3-15/h1,4-7,12,14-15H,2-3,8-11H2,(H,24,26). The van der Waals surface area contributed by atoms with E-state index < -0.39 is 10.8 Å². The summed E-state index contributed by atoms with van der Waals surface area (Å²) in [4.78, 5) is 17.1. The fraction of sp³-hybridized carbons (Fsp3) is 0.455. The second kappa shape index (κ2) is 6.69. The number of aromatic nitrogens is 1. The van der Waals surface area contributed by atoms with Crippen LogP contribution in [0.25, 0.3) is 11.1 Å². The molecule has 1 N–H and O–H groups in total. The molecule has 3 saturated carbocycles. The molecule has 156 valence electrons. The van der Waals surface area contributed by atoms with Gasteiger partial charge in [0.1, 0.15) is 5.52 Å². The van der Waals surface area contributed by atoms with Gasteiger partial charge in [-0.1, -0.05) is 11.6 Å². The van der Waals surface area contributed by atoms with Crippen molar-refractivity contribution in [2.45, 2.75) is 60.8 Å². The average Bonchev–Trinajstić information content (AvgIpc) is 3.24. The molecule has 0 bridgehead atoms. The molecule has 0 saturated heterocycles. The number of carbonyl (C=O) groups excluding carboxylic acids is 1. The van der Waals surface area contributed by atoms with Crippen molar-refractivity contribution in [1.82, 2.24) is 10.3 Å². The minimum Gasteiger partial charge on any atom is -0.442 e. The van der Waals surface area contributed by atoms with Crippen molar-refractivity contribution < 1.29 is 17.8 Å². The Bertz CT molecular complexity index is 1170. The third kappa shape index (κ3) is 3.19. The first kappa shape index (κ1) is 18.6. The third-order valence-electron chi connectivity index (χ3n) is 6.60. The van der Waals surface area contributed by atoms with Crippen LogP contribution >= 0.6 is 11.6 Å². The second-order valence-corrected chi connectivity index (χ2v) is 11.1. The van der Waals surface area contributed by atoms with Crippen LogP contribution in [0.3, 0.4) is 0 Å². The summed E-state index contributed by atoms with van der Waals surface area (Å²) in [6.07, 6.45) is 5.93. The lowest BCUT2D eigenvalue weighted by Gasteiger charge is -2.57. The molecule has 1 atom stereocenters. The number of amides is 1. The topological polar surface area (TPSA) is 85.3 Å². The maximum absolute atomic E-state index is 12.5. The number of halogens is 1. The first-order valence-electron chi connectivity index (χ1n) is 10.4. The Kier molecular flexibility index (Phi) is 4.15. The molecule has 8 heteroatoms. The first-order chi connectivity index (χ1) is 14.5. The Morgan fingerprint density at radius 2 is 1.93 bits per heavy atom. The Hall–Kier alpha value is -2.12. The Morgan fingerprint density at radius 1 is 1.13 bits per heavy atom. The van der Waals surface area contributed by atoms with Crippen molar-refractivity contribution in [2.75, 3.05) is 0 Å². The number of fused-ring (bicyclic) bond motifs is 1. The van der Waals surface area contributed by atoms with Gasteiger partial charge in [0, 0.05) is 22.2 Å². The number of nitrogens with zero attached hydrogens (tertiary/aromatic N) is 1. The van der Waals surface area contributed by atoms with E-state index in [0.29, 0.717) is 16.0 Å². The molecule has 30 heavy (non-hydrogen) atoms. The van der Waals surface area contributed by atoms with Gasteiger partial charge in [0.25, 0.3) is 5.91 Å². The quantitative estimate of drug-likeness (QED) is 0.610. The molecule has 1 aromatic carbocycles. The van der Waals surface area contributed by atoms with Gasteiger partial charge in [-0.25, -0.2) is 4.98 Å². The summed E-state index contributed by atoms with van der Waals surface area (Å²) in [5.41, 5.74) is 1.86. The van der Waals surface area contributed by atoms with Gasteiger partial charge in [-0.05, 0) is 74.3 Å². The molecule has 3 aromatic rings. The SMILES string of the molecule is O=C(NC1CC2(C1)CC(c1nc3cc(Cl)ccc3o1)C2)c1ccc(S(=O)C2CC2)o1. The summed E-state index contributed by atoms with van der Waals surface area (Å²) >= 11 is 6.03. The van der Waals surface area contributed by atoms with Crippen LogP contribution in [0, 0.1) is 5.41 Å². The summed E-state index contributed by atoms with van der Waals surface area (Å²) < 4.78 is 23.6. The van der Waals surface area contributed by atoms with Crippen molar-refractivity contribution in [2.24, 2.45) is 5.41 Å². The molecule has 6 nitrogen and oxygen atoms in total. The molecule has 1 spiro atoms. The normalized spacial score (nSPS) is 28.8. The van der Waals surface area contributed by atoms with Crippen LogP contribution in [0.4, 0.5) is 0 Å². The van der Waals surface area contributed by atoms with Crippen LogP contribution in [0.2, 0.25) is 5.02 Å². The highest BCUT2D eigenvalue weighted by Gasteiger charge is 2.54. The van der Waals surface area contributed by atoms with E-state index in [-0.39, 0.29) is 28.4 Å². The smallest absolute Gasteiger partial charge is 0.287 e. The number of hydrogen-bond donors (Lipinski definition) is 1. The number of benzene rings is 1. The van der Waals surface area contributed by atoms with Crippen LogP contribution < -0.4 is 5.32 Å². The van der Waals surface area contributed by atoms with Crippen LogP contribution in [-0.2, 0) is 10.8 Å². The van der Waals surface area contributed by atoms with E-state index in [1.165, 1.54) is 0 Å². The summed E-state index contributed by atoms with van der Waals surface area (Å²) in [5.74, 6) is 1.15. The van der Waals surface area contributed by atoms with Gasteiger partial charge in [-0.2, -0.15) is 0 Å². The molecule has 2 heterocycles. The lowest BCUT2D eigenvalue weighted by molar-refractivity contribution is -0.0256. The van der Waals surface area contributed by atoms with Gasteiger partial charge in [0.15, 0.2) is 22.3 Å². The Labute approximate surface area is 180 Å². The van der Waals surface area contributed by atoms with Crippen LogP contribution in [-0.4, -0.2) is 26.4 Å². The molecule has 6 rings (SSSR count). The molecular weight excluding hydrogens is 424 g/mol. The van der Waals surface area contributed by atoms with Gasteiger partial charge in [-0.3, -0.25) is 9.00 Å². The highest BCUT2D eigenvalue weighted by atomic mass is 35.5. The first-order valence-corrected chi connectivity index (χ1v) is 11.9. The summed E-state index contributed by atoms with van der Waals surface area (Å²) in [5, 5.41) is 4.32. The fourth-order valence-corrected chi connectivity index (χ4v) is 6.36. The molecule has 3 aliphatic carbocycles. The number of furan rings is 1. The summed E-state index contributed by atoms with van der Waals surface area (Å²) in [6, 6.07) is 8.94. The van der Waals surface area contributed by atoms with E-state index >= 15 is 0 Å². The third-order valence-corrected chi connectivity index (χ3v) is 8.53. The fourth-order valence-electron chi connectivity index (χ4n) is 4.93. The zero-order valence-electron chi connectivity index (χ0n) is 16.2. The van der Waals surface area contributed by atoms with E-state index in [2.05, 4.69) is 10.3 Å². The highest BCUT2D eigenvalue weighted by Crippen LogP contribution is 2.61. The van der Waals surface area contributed by atoms with E-state index in [9.17, 15) is 9.00 Å². The molecule has 1 amide bonds. The maximum Gasteiger partial charge on any atom is 0.287 e. The van der Waals surface area contributed by atoms with Crippen LogP contribution in [0.15, 0.2) is 44.3 Å². The van der Waals surface area contributed by atoms with Crippen molar-refractivity contribution in [3.8, 4) is 0 Å². The summed E-state index contributed by atoms with van der Waals surface area (Å²) in [6.45, 7) is 0. The lowest BCUT2D eigenvalue weighted by atomic mass is 9.50. The second-order valence-electron chi connectivity index (χ2n) is 8.96. The number of nitrogens with one attached hydrogen (secondary N) is 1. The monoisotopic (exact) mass is 444 g/mol. The van der Waals surface area contributed by atoms with Crippen LogP contribution in [0.5, 0.6) is 0 Å². The Balaban J connectivity index is 1.03. The van der Waals surface area contributed by atoms with E-state index in [0.717, 1.165) is 55.5 Å². The van der Waals surface area contributed by atoms with Crippen molar-refractivity contribution in [3.05, 3.63) is 47.0 Å². The molecule has 2 aromatic heterocycles. The molecule has 0 aliphatic heterocycles. The predicted molar refractivity (Wildman–Crippen MR) is 112 cm³/mol. The minimum absolute atomic E-state index is 0.156. The molecule has 3 aliphatic rings. The van der Waals surface area contributed by atoms with Gasteiger partial charge in [-0.15, -0.1) is 0 Å². The number of rotatable bonds is 5. The van der Waals surface area contributed by atoms with Gasteiger partial charge in [0.05, 0.1) is 10.8 Å². The van der Waals surface area contributed by atoms with E-state index in [1.54, 1.807) is 12.1 Å². The number of hydrogen-bond acceptors (Lipinski definition) is 5. The van der Waals surface area contributed by atoms with Gasteiger partial charge >= 0.3 is 0 Å².